The predicted octanol–water partition coefficient (Wildman–Crippen LogP) is 4.89. The van der Waals surface area contributed by atoms with Gasteiger partial charge in [-0.2, -0.15) is 4.31 Å². The summed E-state index contributed by atoms with van der Waals surface area (Å²) in [4.78, 5) is 19.5. The highest BCUT2D eigenvalue weighted by Gasteiger charge is 2.42. The number of nitrogens with zero attached hydrogens (tertiary/aromatic N) is 3. The highest BCUT2D eigenvalue weighted by atomic mass is 35.5. The largest absolute Gasteiger partial charge is 0.467 e. The average molecular weight is 547 g/mol. The number of para-hydroxylation sites is 1. The Morgan fingerprint density at radius 1 is 1.06 bits per heavy atom. The van der Waals surface area contributed by atoms with E-state index in [9.17, 15) is 13.2 Å². The molecule has 176 valence electrons. The topological polar surface area (TPSA) is 79.8 Å². The number of carbonyl (C=O) groups excluding carboxylic acids is 1. The molecule has 0 N–H and O–H groups in total. The van der Waals surface area contributed by atoms with Crippen molar-refractivity contribution in [3.63, 3.8) is 0 Å². The van der Waals surface area contributed by atoms with Gasteiger partial charge in [0, 0.05) is 32.5 Å². The average Bonchev–Trinajstić information content (AvgIpc) is 3.53. The summed E-state index contributed by atoms with van der Waals surface area (Å²) in [6.07, 6.45) is 2.46. The number of piperidine rings is 1. The molecular weight excluding hydrogens is 525 g/mol. The van der Waals surface area contributed by atoms with Gasteiger partial charge in [0.15, 0.2) is 0 Å². The monoisotopic (exact) mass is 545 g/mol. The van der Waals surface area contributed by atoms with Crippen LogP contribution in [0.25, 0.3) is 10.2 Å². The quantitative estimate of drug-likeness (QED) is 0.456. The molecule has 0 aliphatic carbocycles. The molecule has 0 radical (unpaired) electrons. The first kappa shape index (κ1) is 23.3. The first-order chi connectivity index (χ1) is 15.8. The van der Waals surface area contributed by atoms with Gasteiger partial charge in [-0.1, -0.05) is 40.6 Å². The van der Waals surface area contributed by atoms with Crippen molar-refractivity contribution >= 4 is 72.0 Å². The molecule has 33 heavy (non-hydrogen) atoms. The Labute approximate surface area is 209 Å². The Morgan fingerprint density at radius 3 is 2.55 bits per heavy atom. The number of hydrogen-bond donors (Lipinski definition) is 0. The minimum atomic E-state index is -3.74. The molecule has 2 aromatic heterocycles. The van der Waals surface area contributed by atoms with Crippen LogP contribution in [0.5, 0.6) is 5.19 Å². The SMILES string of the molecule is O=C(C1CCCN1S(=O)(=O)c1ccc(Cl)s1)N1CCC(Oc2nc3c(Cl)cccc3s2)CC1. The van der Waals surface area contributed by atoms with Gasteiger partial charge in [-0.3, -0.25) is 4.79 Å². The molecule has 12 heteroatoms. The number of thiophene rings is 1. The normalized spacial score (nSPS) is 20.5. The van der Waals surface area contributed by atoms with Gasteiger partial charge in [0.2, 0.25) is 5.91 Å². The van der Waals surface area contributed by atoms with Crippen LogP contribution in [0.2, 0.25) is 9.36 Å². The van der Waals surface area contributed by atoms with E-state index >= 15 is 0 Å². The van der Waals surface area contributed by atoms with Crippen LogP contribution < -0.4 is 4.74 Å². The Hall–Kier alpha value is -1.43. The molecule has 2 fully saturated rings. The van der Waals surface area contributed by atoms with E-state index in [2.05, 4.69) is 4.98 Å². The number of thiazole rings is 1. The molecule has 1 aromatic carbocycles. The maximum Gasteiger partial charge on any atom is 0.274 e. The van der Waals surface area contributed by atoms with E-state index in [-0.39, 0.29) is 16.2 Å². The Bertz CT molecular complexity index is 1280. The van der Waals surface area contributed by atoms with E-state index in [1.54, 1.807) is 17.0 Å². The fraction of sp³-hybridized carbons (Fsp3) is 0.429. The van der Waals surface area contributed by atoms with Gasteiger partial charge >= 0.3 is 0 Å². The smallest absolute Gasteiger partial charge is 0.274 e. The summed E-state index contributed by atoms with van der Waals surface area (Å²) in [6.45, 7) is 1.38. The third-order valence-corrected chi connectivity index (χ3v) is 10.8. The van der Waals surface area contributed by atoms with Crippen LogP contribution in [0, 0.1) is 0 Å². The Morgan fingerprint density at radius 2 is 1.85 bits per heavy atom. The first-order valence-corrected chi connectivity index (χ1v) is 14.4. The molecule has 0 saturated carbocycles. The van der Waals surface area contributed by atoms with Crippen molar-refractivity contribution in [1.82, 2.24) is 14.2 Å². The molecule has 1 atom stereocenters. The number of sulfonamides is 1. The van der Waals surface area contributed by atoms with Gasteiger partial charge in [-0.15, -0.1) is 11.3 Å². The summed E-state index contributed by atoms with van der Waals surface area (Å²) >= 11 is 14.6. The van der Waals surface area contributed by atoms with Crippen LogP contribution in [0.1, 0.15) is 25.7 Å². The van der Waals surface area contributed by atoms with Gasteiger partial charge in [0.05, 0.1) is 14.1 Å². The zero-order chi connectivity index (χ0) is 23.2. The number of amides is 1. The van der Waals surface area contributed by atoms with Crippen LogP contribution in [-0.2, 0) is 14.8 Å². The number of aromatic nitrogens is 1. The van der Waals surface area contributed by atoms with Crippen LogP contribution in [-0.4, -0.2) is 60.3 Å². The Balaban J connectivity index is 1.22. The molecule has 1 amide bonds. The summed E-state index contributed by atoms with van der Waals surface area (Å²) < 4.78 is 35.1. The lowest BCUT2D eigenvalue weighted by atomic mass is 10.1. The van der Waals surface area contributed by atoms with Crippen LogP contribution in [0.15, 0.2) is 34.5 Å². The van der Waals surface area contributed by atoms with Gasteiger partial charge < -0.3 is 9.64 Å². The summed E-state index contributed by atoms with van der Waals surface area (Å²) in [5.74, 6) is -0.135. The summed E-state index contributed by atoms with van der Waals surface area (Å²) in [5.41, 5.74) is 0.737. The van der Waals surface area contributed by atoms with E-state index in [4.69, 9.17) is 27.9 Å². The molecule has 2 aliphatic heterocycles. The zero-order valence-electron chi connectivity index (χ0n) is 17.4. The molecule has 7 nitrogen and oxygen atoms in total. The highest BCUT2D eigenvalue weighted by Crippen LogP contribution is 2.35. The number of carbonyl (C=O) groups is 1. The molecule has 0 spiro atoms. The van der Waals surface area contributed by atoms with E-state index in [0.29, 0.717) is 59.9 Å². The summed E-state index contributed by atoms with van der Waals surface area (Å²) in [7, 11) is -3.74. The molecule has 5 rings (SSSR count). The zero-order valence-corrected chi connectivity index (χ0v) is 21.4. The molecule has 4 heterocycles. The third-order valence-electron chi connectivity index (χ3n) is 5.97. The number of benzene rings is 1. The number of halogens is 2. The van der Waals surface area contributed by atoms with Crippen molar-refractivity contribution in [1.29, 1.82) is 0 Å². The van der Waals surface area contributed by atoms with Gasteiger partial charge in [0.25, 0.3) is 15.2 Å². The van der Waals surface area contributed by atoms with Crippen molar-refractivity contribution in [2.24, 2.45) is 0 Å². The van der Waals surface area contributed by atoms with Crippen molar-refractivity contribution in [2.75, 3.05) is 19.6 Å². The first-order valence-electron chi connectivity index (χ1n) is 10.6. The lowest BCUT2D eigenvalue weighted by Gasteiger charge is -2.34. The van der Waals surface area contributed by atoms with Gasteiger partial charge in [-0.05, 0) is 37.1 Å². The van der Waals surface area contributed by atoms with Gasteiger partial charge in [0.1, 0.15) is 21.9 Å². The molecule has 0 bridgehead atoms. The second-order valence-corrected chi connectivity index (χ2v) is 13.3. The molecular formula is C21H21Cl2N3O4S3. The lowest BCUT2D eigenvalue weighted by Crippen LogP contribution is -2.50. The minimum Gasteiger partial charge on any atom is -0.467 e. The van der Waals surface area contributed by atoms with Crippen molar-refractivity contribution < 1.29 is 17.9 Å². The molecule has 1 unspecified atom stereocenters. The maximum atomic E-state index is 13.2. The van der Waals surface area contributed by atoms with Crippen LogP contribution in [0.4, 0.5) is 0 Å². The fourth-order valence-electron chi connectivity index (χ4n) is 4.32. The number of hydrogen-bond acceptors (Lipinski definition) is 7. The second-order valence-electron chi connectivity index (χ2n) is 8.04. The van der Waals surface area contributed by atoms with E-state index in [1.165, 1.54) is 21.7 Å². The molecule has 2 aliphatic rings. The number of ether oxygens (including phenoxy) is 1. The number of fused-ring (bicyclic) bond motifs is 1. The van der Waals surface area contributed by atoms with E-state index in [1.807, 2.05) is 12.1 Å². The van der Waals surface area contributed by atoms with E-state index < -0.39 is 16.1 Å². The minimum absolute atomic E-state index is 0.0509. The predicted molar refractivity (Wildman–Crippen MR) is 131 cm³/mol. The van der Waals surface area contributed by atoms with Crippen molar-refractivity contribution in [3.05, 3.63) is 39.7 Å². The second kappa shape index (κ2) is 9.31. The van der Waals surface area contributed by atoms with Gasteiger partial charge in [-0.25, -0.2) is 13.4 Å². The number of rotatable bonds is 5. The van der Waals surface area contributed by atoms with Crippen LogP contribution in [0.3, 0.4) is 0 Å². The maximum absolute atomic E-state index is 13.2. The van der Waals surface area contributed by atoms with Crippen molar-refractivity contribution in [2.45, 2.75) is 42.0 Å². The summed E-state index contributed by atoms with van der Waals surface area (Å²) in [6, 6.07) is 8.04. The van der Waals surface area contributed by atoms with E-state index in [0.717, 1.165) is 21.6 Å². The summed E-state index contributed by atoms with van der Waals surface area (Å²) in [5, 5.41) is 1.17. The van der Waals surface area contributed by atoms with Crippen molar-refractivity contribution in [3.8, 4) is 5.19 Å². The Kier molecular flexibility index (Phi) is 6.58. The molecule has 2 saturated heterocycles. The standard InChI is InChI=1S/C21H21Cl2N3O4S3/c22-14-3-1-5-16-19(14)24-21(31-16)30-13-8-11-25(12-9-13)20(27)15-4-2-10-26(15)33(28,29)18-7-6-17(23)32-18/h1,3,5-7,13,15H,2,4,8-12H2. The number of likely N-dealkylation sites (tertiary alicyclic amines) is 1. The highest BCUT2D eigenvalue weighted by molar-refractivity contribution is 7.91. The fourth-order valence-corrected chi connectivity index (χ4v) is 8.76. The lowest BCUT2D eigenvalue weighted by molar-refractivity contribution is -0.136. The molecule has 3 aromatic rings. The van der Waals surface area contributed by atoms with Crippen LogP contribution >= 0.6 is 45.9 Å². The third kappa shape index (κ3) is 4.61.